The van der Waals surface area contributed by atoms with Crippen LogP contribution >= 0.6 is 0 Å². The van der Waals surface area contributed by atoms with E-state index >= 15 is 0 Å². The number of rotatable bonds is 5. The molecule has 2 bridgehead atoms. The van der Waals surface area contributed by atoms with Gasteiger partial charge in [0, 0.05) is 6.54 Å². The van der Waals surface area contributed by atoms with Gasteiger partial charge >= 0.3 is 0 Å². The Bertz CT molecular complexity index is 359. The van der Waals surface area contributed by atoms with Gasteiger partial charge in [-0.1, -0.05) is 27.2 Å². The maximum absolute atomic E-state index is 10.3. The Balaban J connectivity index is 1.50. The third-order valence-electron chi connectivity index (χ3n) is 6.51. The van der Waals surface area contributed by atoms with E-state index in [9.17, 15) is 5.11 Å². The largest absolute Gasteiger partial charge is 0.389 e. The van der Waals surface area contributed by atoms with E-state index in [4.69, 9.17) is 4.74 Å². The highest BCUT2D eigenvalue weighted by Crippen LogP contribution is 2.63. The Hall–Kier alpha value is -0.120. The van der Waals surface area contributed by atoms with Crippen LogP contribution in [0.25, 0.3) is 0 Å². The molecule has 1 saturated heterocycles. The van der Waals surface area contributed by atoms with E-state index in [0.29, 0.717) is 18.1 Å². The van der Waals surface area contributed by atoms with Gasteiger partial charge in [0.2, 0.25) is 0 Å². The number of piperidine rings is 1. The fourth-order valence-electron chi connectivity index (χ4n) is 5.37. The van der Waals surface area contributed by atoms with Crippen molar-refractivity contribution in [2.24, 2.45) is 16.7 Å². The standard InChI is InChI=1S/C18H33NO2/c1-17(2)14-7-8-18(3,11-14)16(17)21-13-15(20)12-19-9-5-4-6-10-19/h14-16,20H,4-13H2,1-3H3. The first-order valence-electron chi connectivity index (χ1n) is 8.94. The normalized spacial score (nSPS) is 40.6. The van der Waals surface area contributed by atoms with E-state index in [1.807, 2.05) is 0 Å². The van der Waals surface area contributed by atoms with Gasteiger partial charge in [-0.25, -0.2) is 0 Å². The lowest BCUT2D eigenvalue weighted by atomic mass is 9.70. The summed E-state index contributed by atoms with van der Waals surface area (Å²) in [7, 11) is 0. The van der Waals surface area contributed by atoms with E-state index in [0.717, 1.165) is 25.6 Å². The zero-order valence-corrected chi connectivity index (χ0v) is 14.1. The number of fused-ring (bicyclic) bond motifs is 2. The third-order valence-corrected chi connectivity index (χ3v) is 6.51. The molecule has 0 aromatic carbocycles. The Morgan fingerprint density at radius 3 is 2.52 bits per heavy atom. The maximum Gasteiger partial charge on any atom is 0.0900 e. The first-order chi connectivity index (χ1) is 9.92. The zero-order chi connectivity index (χ0) is 15.1. The Morgan fingerprint density at radius 1 is 1.19 bits per heavy atom. The average molecular weight is 295 g/mol. The van der Waals surface area contributed by atoms with Crippen molar-refractivity contribution < 1.29 is 9.84 Å². The van der Waals surface area contributed by atoms with E-state index in [1.54, 1.807) is 0 Å². The molecule has 0 aromatic rings. The Kier molecular flexibility index (Phi) is 4.37. The zero-order valence-electron chi connectivity index (χ0n) is 14.1. The SMILES string of the molecule is CC12CCC(C1)C(C)(C)C2OCC(O)CN1CCCCC1. The second-order valence-electron chi connectivity index (χ2n) is 8.64. The Labute approximate surface area is 130 Å². The molecular formula is C18H33NO2. The summed E-state index contributed by atoms with van der Waals surface area (Å²) in [5, 5.41) is 10.3. The quantitative estimate of drug-likeness (QED) is 0.846. The molecule has 4 unspecified atom stereocenters. The van der Waals surface area contributed by atoms with Gasteiger partial charge in [-0.05, 0) is 61.9 Å². The van der Waals surface area contributed by atoms with Gasteiger partial charge in [-0.15, -0.1) is 0 Å². The van der Waals surface area contributed by atoms with Crippen molar-refractivity contribution in [2.75, 3.05) is 26.2 Å². The lowest BCUT2D eigenvalue weighted by Crippen LogP contribution is -2.45. The first kappa shape index (κ1) is 15.8. The van der Waals surface area contributed by atoms with Gasteiger partial charge in [0.05, 0.1) is 18.8 Å². The molecule has 3 heteroatoms. The molecule has 122 valence electrons. The van der Waals surface area contributed by atoms with E-state index in [1.165, 1.54) is 38.5 Å². The summed E-state index contributed by atoms with van der Waals surface area (Å²) in [4.78, 5) is 2.39. The highest BCUT2D eigenvalue weighted by molar-refractivity contribution is 5.09. The molecule has 3 aliphatic rings. The number of aliphatic hydroxyl groups excluding tert-OH is 1. The second-order valence-corrected chi connectivity index (χ2v) is 8.64. The maximum atomic E-state index is 10.3. The molecule has 1 N–H and O–H groups in total. The van der Waals surface area contributed by atoms with Crippen molar-refractivity contribution in [1.82, 2.24) is 4.90 Å². The number of ether oxygens (including phenoxy) is 1. The highest BCUT2D eigenvalue weighted by atomic mass is 16.5. The molecular weight excluding hydrogens is 262 g/mol. The topological polar surface area (TPSA) is 32.7 Å². The molecule has 2 aliphatic carbocycles. The van der Waals surface area contributed by atoms with Crippen molar-refractivity contribution >= 4 is 0 Å². The number of hydrogen-bond donors (Lipinski definition) is 1. The summed E-state index contributed by atoms with van der Waals surface area (Å²) in [5.74, 6) is 0.812. The van der Waals surface area contributed by atoms with Crippen LogP contribution in [0.15, 0.2) is 0 Å². The minimum atomic E-state index is -0.332. The van der Waals surface area contributed by atoms with Crippen LogP contribution in [0.3, 0.4) is 0 Å². The molecule has 2 saturated carbocycles. The second kappa shape index (κ2) is 5.82. The fraction of sp³-hybridized carbons (Fsp3) is 1.00. The van der Waals surface area contributed by atoms with Crippen molar-refractivity contribution in [2.45, 2.75) is 71.5 Å². The van der Waals surface area contributed by atoms with Gasteiger partial charge < -0.3 is 14.7 Å². The van der Waals surface area contributed by atoms with Gasteiger partial charge in [-0.3, -0.25) is 0 Å². The summed E-state index contributed by atoms with van der Waals surface area (Å²) in [5.41, 5.74) is 0.622. The van der Waals surface area contributed by atoms with E-state index in [-0.39, 0.29) is 11.5 Å². The fourth-order valence-corrected chi connectivity index (χ4v) is 5.37. The Morgan fingerprint density at radius 2 is 1.90 bits per heavy atom. The molecule has 3 rings (SSSR count). The molecule has 0 radical (unpaired) electrons. The van der Waals surface area contributed by atoms with Crippen LogP contribution in [0, 0.1) is 16.7 Å². The molecule has 0 spiro atoms. The molecule has 3 nitrogen and oxygen atoms in total. The van der Waals surface area contributed by atoms with Crippen LogP contribution in [0.2, 0.25) is 0 Å². The highest BCUT2D eigenvalue weighted by Gasteiger charge is 2.60. The summed E-state index contributed by atoms with van der Waals surface area (Å²) in [6.45, 7) is 10.7. The molecule has 21 heavy (non-hydrogen) atoms. The van der Waals surface area contributed by atoms with Crippen LogP contribution in [0.5, 0.6) is 0 Å². The molecule has 4 atom stereocenters. The van der Waals surface area contributed by atoms with Crippen molar-refractivity contribution in [3.8, 4) is 0 Å². The molecule has 0 amide bonds. The van der Waals surface area contributed by atoms with Gasteiger partial charge in [0.25, 0.3) is 0 Å². The average Bonchev–Trinajstić information content (AvgIpc) is 2.90. The predicted octanol–water partition coefficient (Wildman–Crippen LogP) is 3.06. The lowest BCUT2D eigenvalue weighted by Gasteiger charge is -2.42. The van der Waals surface area contributed by atoms with Crippen LogP contribution in [0.4, 0.5) is 0 Å². The summed E-state index contributed by atoms with van der Waals surface area (Å²) in [6.07, 6.45) is 7.87. The summed E-state index contributed by atoms with van der Waals surface area (Å²) < 4.78 is 6.28. The number of likely N-dealkylation sites (tertiary alicyclic amines) is 1. The van der Waals surface area contributed by atoms with Gasteiger partial charge in [-0.2, -0.15) is 0 Å². The monoisotopic (exact) mass is 295 g/mol. The van der Waals surface area contributed by atoms with E-state index < -0.39 is 0 Å². The van der Waals surface area contributed by atoms with Crippen LogP contribution in [-0.2, 0) is 4.74 Å². The molecule has 0 aromatic heterocycles. The number of β-amino-alcohol motifs (C(OH)–C–C–N with tert-alkyl or cyclic N) is 1. The smallest absolute Gasteiger partial charge is 0.0900 e. The molecule has 1 aliphatic heterocycles. The van der Waals surface area contributed by atoms with Crippen LogP contribution in [0.1, 0.15) is 59.3 Å². The van der Waals surface area contributed by atoms with Gasteiger partial charge in [0.1, 0.15) is 0 Å². The van der Waals surface area contributed by atoms with Gasteiger partial charge in [0.15, 0.2) is 0 Å². The van der Waals surface area contributed by atoms with Crippen LogP contribution in [-0.4, -0.2) is 48.5 Å². The minimum Gasteiger partial charge on any atom is -0.389 e. The van der Waals surface area contributed by atoms with Crippen molar-refractivity contribution in [1.29, 1.82) is 0 Å². The van der Waals surface area contributed by atoms with E-state index in [2.05, 4.69) is 25.7 Å². The molecule has 3 fully saturated rings. The van der Waals surface area contributed by atoms with Crippen LogP contribution < -0.4 is 0 Å². The predicted molar refractivity (Wildman–Crippen MR) is 85.3 cm³/mol. The number of aliphatic hydroxyl groups is 1. The third kappa shape index (κ3) is 3.02. The summed E-state index contributed by atoms with van der Waals surface area (Å²) >= 11 is 0. The minimum absolute atomic E-state index is 0.276. The lowest BCUT2D eigenvalue weighted by molar-refractivity contribution is -0.113. The first-order valence-corrected chi connectivity index (χ1v) is 8.94. The van der Waals surface area contributed by atoms with Crippen molar-refractivity contribution in [3.63, 3.8) is 0 Å². The molecule has 1 heterocycles. The number of hydrogen-bond acceptors (Lipinski definition) is 3. The number of nitrogens with zero attached hydrogens (tertiary/aromatic N) is 1. The van der Waals surface area contributed by atoms with Crippen molar-refractivity contribution in [3.05, 3.63) is 0 Å². The summed E-state index contributed by atoms with van der Waals surface area (Å²) in [6, 6.07) is 0.